The van der Waals surface area contributed by atoms with Gasteiger partial charge in [-0.25, -0.2) is 4.39 Å². The zero-order chi connectivity index (χ0) is 25.8. The van der Waals surface area contributed by atoms with Gasteiger partial charge < -0.3 is 5.11 Å². The van der Waals surface area contributed by atoms with Gasteiger partial charge in [0.05, 0.1) is 28.9 Å². The molecule has 2 aliphatic heterocycles. The van der Waals surface area contributed by atoms with E-state index in [2.05, 4.69) is 20.3 Å². The van der Waals surface area contributed by atoms with Crippen LogP contribution in [0.1, 0.15) is 61.4 Å². The normalized spacial score (nSPS) is 24.8. The number of likely N-dealkylation sites (tertiary alicyclic amines) is 1. The van der Waals surface area contributed by atoms with E-state index in [0.717, 1.165) is 11.3 Å². The predicted octanol–water partition coefficient (Wildman–Crippen LogP) is 3.06. The van der Waals surface area contributed by atoms with Gasteiger partial charge in [-0.1, -0.05) is 19.9 Å². The highest BCUT2D eigenvalue weighted by atomic mass is 19.1. The number of carbonyl (C=O) groups excluding carboxylic acids is 2. The van der Waals surface area contributed by atoms with Crippen LogP contribution >= 0.6 is 0 Å². The highest BCUT2D eigenvalue weighted by molar-refractivity contribution is 6.01. The van der Waals surface area contributed by atoms with Crippen LogP contribution in [-0.4, -0.2) is 49.7 Å². The van der Waals surface area contributed by atoms with Crippen molar-refractivity contribution in [3.05, 3.63) is 58.8 Å². The molecule has 2 amide bonds. The van der Waals surface area contributed by atoms with E-state index in [4.69, 9.17) is 0 Å². The van der Waals surface area contributed by atoms with Gasteiger partial charge in [-0.15, -0.1) is 0 Å². The van der Waals surface area contributed by atoms with Gasteiger partial charge in [-0.05, 0) is 43.0 Å². The average molecular weight is 494 g/mol. The van der Waals surface area contributed by atoms with Gasteiger partial charge in [0.1, 0.15) is 5.82 Å². The van der Waals surface area contributed by atoms with E-state index in [-0.39, 0.29) is 29.2 Å². The molecule has 2 saturated heterocycles. The Kier molecular flexibility index (Phi) is 5.95. The minimum absolute atomic E-state index is 0.236. The molecule has 0 spiro atoms. The standard InChI is InChI=1S/C27H32FN5O3/c1-16-12-30-32(4)22(16)14-33-10-9-27(36,26(2,3)15-33)20-6-7-21-19(24(20)28)11-17(13-29-21)18-5-8-23(34)31-25(18)35/h6-7,11-13,18,36H,5,8-10,14-15H2,1-4H3,(H,31,34,35). The van der Waals surface area contributed by atoms with Crippen LogP contribution in [0, 0.1) is 18.2 Å². The molecule has 0 aliphatic carbocycles. The smallest absolute Gasteiger partial charge is 0.234 e. The number of rotatable bonds is 4. The van der Waals surface area contributed by atoms with Crippen molar-refractivity contribution in [3.8, 4) is 0 Å². The fourth-order valence-corrected chi connectivity index (χ4v) is 5.78. The van der Waals surface area contributed by atoms with E-state index in [0.29, 0.717) is 43.6 Å². The average Bonchev–Trinajstić information content (AvgIpc) is 3.13. The molecule has 2 N–H and O–H groups in total. The number of carbonyl (C=O) groups is 2. The number of nitrogens with zero attached hydrogens (tertiary/aromatic N) is 4. The summed E-state index contributed by atoms with van der Waals surface area (Å²) in [7, 11) is 1.93. The number of nitrogens with one attached hydrogen (secondary N) is 1. The van der Waals surface area contributed by atoms with Gasteiger partial charge in [0.25, 0.3) is 0 Å². The van der Waals surface area contributed by atoms with Crippen molar-refractivity contribution >= 4 is 22.7 Å². The van der Waals surface area contributed by atoms with E-state index in [1.807, 2.05) is 38.7 Å². The van der Waals surface area contributed by atoms with Crippen molar-refractivity contribution in [1.82, 2.24) is 25.0 Å². The number of benzene rings is 1. The monoisotopic (exact) mass is 493 g/mol. The van der Waals surface area contributed by atoms with Gasteiger partial charge in [-0.3, -0.25) is 29.5 Å². The molecule has 2 atom stereocenters. The summed E-state index contributed by atoms with van der Waals surface area (Å²) in [5, 5.41) is 18.9. The van der Waals surface area contributed by atoms with Gasteiger partial charge in [0.2, 0.25) is 11.8 Å². The second kappa shape index (κ2) is 8.74. The molecule has 36 heavy (non-hydrogen) atoms. The fourth-order valence-electron chi connectivity index (χ4n) is 5.78. The molecule has 5 rings (SSSR count). The second-order valence-electron chi connectivity index (χ2n) is 10.9. The summed E-state index contributed by atoms with van der Waals surface area (Å²) >= 11 is 0. The summed E-state index contributed by atoms with van der Waals surface area (Å²) in [4.78, 5) is 30.6. The van der Waals surface area contributed by atoms with Gasteiger partial charge in [0.15, 0.2) is 0 Å². The lowest BCUT2D eigenvalue weighted by atomic mass is 9.66. The number of hydrogen-bond donors (Lipinski definition) is 2. The number of piperidine rings is 2. The van der Waals surface area contributed by atoms with Crippen LogP contribution in [0.15, 0.2) is 30.6 Å². The third kappa shape index (κ3) is 4.00. The SMILES string of the molecule is Cc1cnn(C)c1CN1CCC(O)(c2ccc3ncc(C4CCC(=O)NC4=O)cc3c2F)C(C)(C)C1. The van der Waals surface area contributed by atoms with Crippen LogP contribution < -0.4 is 5.32 Å². The second-order valence-corrected chi connectivity index (χ2v) is 10.9. The quantitative estimate of drug-likeness (QED) is 0.542. The Morgan fingerprint density at radius 3 is 2.69 bits per heavy atom. The lowest BCUT2D eigenvalue weighted by Crippen LogP contribution is -2.55. The molecule has 190 valence electrons. The molecule has 1 aromatic carbocycles. The Balaban J connectivity index is 1.46. The van der Waals surface area contributed by atoms with Crippen molar-refractivity contribution in [2.24, 2.45) is 12.5 Å². The highest BCUT2D eigenvalue weighted by Gasteiger charge is 2.50. The van der Waals surface area contributed by atoms with E-state index in [9.17, 15) is 14.7 Å². The van der Waals surface area contributed by atoms with Crippen LogP contribution in [0.4, 0.5) is 4.39 Å². The zero-order valence-corrected chi connectivity index (χ0v) is 21.1. The minimum atomic E-state index is -1.38. The topological polar surface area (TPSA) is 100 Å². The summed E-state index contributed by atoms with van der Waals surface area (Å²) in [6, 6.07) is 5.00. The molecule has 2 unspecified atom stereocenters. The largest absolute Gasteiger partial charge is 0.384 e. The van der Waals surface area contributed by atoms with E-state index >= 15 is 4.39 Å². The molecule has 8 nitrogen and oxygen atoms in total. The number of amides is 2. The molecule has 2 fully saturated rings. The van der Waals surface area contributed by atoms with Gasteiger partial charge >= 0.3 is 0 Å². The first-order valence-electron chi connectivity index (χ1n) is 12.3. The molecular weight excluding hydrogens is 461 g/mol. The maximum atomic E-state index is 16.1. The summed E-state index contributed by atoms with van der Waals surface area (Å²) in [5.41, 5.74) is 1.50. The first-order chi connectivity index (χ1) is 17.0. The first kappa shape index (κ1) is 24.5. The molecule has 9 heteroatoms. The maximum absolute atomic E-state index is 16.1. The number of halogens is 1. The van der Waals surface area contributed by atoms with Crippen LogP contribution in [0.2, 0.25) is 0 Å². The third-order valence-corrected chi connectivity index (χ3v) is 8.08. The molecule has 3 aromatic rings. The van der Waals surface area contributed by atoms with Crippen LogP contribution in [0.5, 0.6) is 0 Å². The zero-order valence-electron chi connectivity index (χ0n) is 21.1. The van der Waals surface area contributed by atoms with E-state index < -0.39 is 22.8 Å². The Labute approximate surface area is 209 Å². The lowest BCUT2D eigenvalue weighted by Gasteiger charge is -2.50. The minimum Gasteiger partial charge on any atom is -0.384 e. The van der Waals surface area contributed by atoms with Crippen molar-refractivity contribution in [2.45, 2.75) is 58.1 Å². The number of imide groups is 1. The van der Waals surface area contributed by atoms with Gasteiger partial charge in [-0.2, -0.15) is 5.10 Å². The lowest BCUT2D eigenvalue weighted by molar-refractivity contribution is -0.134. The number of fused-ring (bicyclic) bond motifs is 1. The molecule has 2 aromatic heterocycles. The van der Waals surface area contributed by atoms with Crippen LogP contribution in [-0.2, 0) is 28.8 Å². The van der Waals surface area contributed by atoms with Crippen molar-refractivity contribution in [1.29, 1.82) is 0 Å². The predicted molar refractivity (Wildman–Crippen MR) is 132 cm³/mol. The summed E-state index contributed by atoms with van der Waals surface area (Å²) in [6.07, 6.45) is 4.39. The molecule has 4 heterocycles. The first-order valence-corrected chi connectivity index (χ1v) is 12.3. The highest BCUT2D eigenvalue weighted by Crippen LogP contribution is 2.48. The molecule has 0 bridgehead atoms. The third-order valence-electron chi connectivity index (χ3n) is 8.08. The van der Waals surface area contributed by atoms with Crippen molar-refractivity contribution < 1.29 is 19.1 Å². The van der Waals surface area contributed by atoms with Crippen LogP contribution in [0.25, 0.3) is 10.9 Å². The number of hydrogen-bond acceptors (Lipinski definition) is 6. The Morgan fingerprint density at radius 1 is 1.25 bits per heavy atom. The Hall–Kier alpha value is -3.17. The summed E-state index contributed by atoms with van der Waals surface area (Å²) in [6.45, 7) is 7.88. The van der Waals surface area contributed by atoms with Crippen LogP contribution in [0.3, 0.4) is 0 Å². The number of aliphatic hydroxyl groups is 1. The van der Waals surface area contributed by atoms with Crippen molar-refractivity contribution in [3.63, 3.8) is 0 Å². The Morgan fingerprint density at radius 2 is 2.03 bits per heavy atom. The number of pyridine rings is 1. The van der Waals surface area contributed by atoms with Gasteiger partial charge in [0, 0.05) is 55.7 Å². The number of aromatic nitrogens is 3. The molecule has 0 radical (unpaired) electrons. The number of aryl methyl sites for hydroxylation is 2. The molecular formula is C27H32FN5O3. The fraction of sp³-hybridized carbons (Fsp3) is 0.481. The Bertz CT molecular complexity index is 1350. The van der Waals surface area contributed by atoms with E-state index in [1.165, 1.54) is 0 Å². The maximum Gasteiger partial charge on any atom is 0.234 e. The molecule has 2 aliphatic rings. The summed E-state index contributed by atoms with van der Waals surface area (Å²) in [5.74, 6) is -1.76. The van der Waals surface area contributed by atoms with E-state index in [1.54, 1.807) is 24.4 Å². The molecule has 0 saturated carbocycles. The summed E-state index contributed by atoms with van der Waals surface area (Å²) < 4.78 is 18.0. The van der Waals surface area contributed by atoms with Crippen molar-refractivity contribution in [2.75, 3.05) is 13.1 Å².